The second-order valence-electron chi connectivity index (χ2n) is 5.12. The van der Waals surface area contributed by atoms with E-state index in [-0.39, 0.29) is 18.7 Å². The third-order valence-electron chi connectivity index (χ3n) is 3.70. The maximum Gasteiger partial charge on any atom is 0.410 e. The van der Waals surface area contributed by atoms with E-state index in [1.54, 1.807) is 11.9 Å². The number of likely N-dealkylation sites (N-methyl/N-ethyl adjacent to an activating group) is 1. The third-order valence-corrected chi connectivity index (χ3v) is 3.70. The van der Waals surface area contributed by atoms with E-state index in [1.807, 2.05) is 30.3 Å². The second-order valence-corrected chi connectivity index (χ2v) is 5.12. The molecule has 0 bridgehead atoms. The molecule has 0 aromatic heterocycles. The lowest BCUT2D eigenvalue weighted by Crippen LogP contribution is -2.39. The average Bonchev–Trinajstić information content (AvgIpc) is 2.94. The monoisotopic (exact) mass is 278 g/mol. The first-order chi connectivity index (χ1) is 9.70. The van der Waals surface area contributed by atoms with Gasteiger partial charge in [0.15, 0.2) is 0 Å². The molecular weight excluding hydrogens is 256 g/mol. The Bertz CT molecular complexity index is 424. The molecule has 20 heavy (non-hydrogen) atoms. The van der Waals surface area contributed by atoms with Gasteiger partial charge in [0.05, 0.1) is 6.61 Å². The van der Waals surface area contributed by atoms with Crippen LogP contribution in [0.15, 0.2) is 30.3 Å². The van der Waals surface area contributed by atoms with Crippen LogP contribution in [0.1, 0.15) is 12.0 Å². The summed E-state index contributed by atoms with van der Waals surface area (Å²) in [4.78, 5) is 15.8. The van der Waals surface area contributed by atoms with E-state index in [1.165, 1.54) is 0 Å². The standard InChI is InChI=1S/C15H22N2O3/c1-16(14-7-8-17(11-14)9-10-18)15(19)20-12-13-5-3-2-4-6-13/h2-6,14,18H,7-12H2,1H3. The van der Waals surface area contributed by atoms with E-state index in [4.69, 9.17) is 9.84 Å². The van der Waals surface area contributed by atoms with Gasteiger partial charge in [-0.3, -0.25) is 4.90 Å². The van der Waals surface area contributed by atoms with Crippen LogP contribution in [0.4, 0.5) is 4.79 Å². The molecule has 0 saturated carbocycles. The number of carbonyl (C=O) groups excluding carboxylic acids is 1. The van der Waals surface area contributed by atoms with Crippen molar-refractivity contribution in [1.82, 2.24) is 9.80 Å². The molecule has 0 aliphatic carbocycles. The molecule has 1 fully saturated rings. The summed E-state index contributed by atoms with van der Waals surface area (Å²) in [6.07, 6.45) is 0.640. The Morgan fingerprint density at radius 1 is 1.45 bits per heavy atom. The summed E-state index contributed by atoms with van der Waals surface area (Å²) in [5, 5.41) is 8.92. The number of β-amino-alcohol motifs (C(OH)–C–C–N with tert-alkyl or cyclic N) is 1. The van der Waals surface area contributed by atoms with Crippen molar-refractivity contribution in [2.75, 3.05) is 33.3 Å². The van der Waals surface area contributed by atoms with Crippen LogP contribution in [0.2, 0.25) is 0 Å². The first-order valence-electron chi connectivity index (χ1n) is 6.97. The Hall–Kier alpha value is -1.59. The highest BCUT2D eigenvalue weighted by Crippen LogP contribution is 2.15. The molecule has 0 spiro atoms. The van der Waals surface area contributed by atoms with Crippen molar-refractivity contribution in [3.8, 4) is 0 Å². The Morgan fingerprint density at radius 2 is 2.20 bits per heavy atom. The molecule has 2 rings (SSSR count). The van der Waals surface area contributed by atoms with Gasteiger partial charge in [0.1, 0.15) is 6.61 Å². The molecule has 5 heteroatoms. The summed E-state index contributed by atoms with van der Waals surface area (Å²) >= 11 is 0. The van der Waals surface area contributed by atoms with E-state index >= 15 is 0 Å². The molecule has 110 valence electrons. The maximum atomic E-state index is 12.0. The molecular formula is C15H22N2O3. The molecule has 1 atom stereocenters. The van der Waals surface area contributed by atoms with Crippen LogP contribution >= 0.6 is 0 Å². The van der Waals surface area contributed by atoms with Crippen LogP contribution in [-0.4, -0.2) is 60.3 Å². The summed E-state index contributed by atoms with van der Waals surface area (Å²) < 4.78 is 5.32. The number of carbonyl (C=O) groups is 1. The number of hydrogen-bond acceptors (Lipinski definition) is 4. The minimum absolute atomic E-state index is 0.162. The van der Waals surface area contributed by atoms with Crippen LogP contribution < -0.4 is 0 Å². The van der Waals surface area contributed by atoms with Crippen LogP contribution in [0, 0.1) is 0 Å². The quantitative estimate of drug-likeness (QED) is 0.882. The molecule has 0 radical (unpaired) electrons. The Morgan fingerprint density at radius 3 is 2.90 bits per heavy atom. The lowest BCUT2D eigenvalue weighted by atomic mass is 10.2. The minimum Gasteiger partial charge on any atom is -0.445 e. The first kappa shape index (κ1) is 14.8. The Balaban J connectivity index is 1.78. The van der Waals surface area contributed by atoms with Gasteiger partial charge in [-0.25, -0.2) is 4.79 Å². The third kappa shape index (κ3) is 3.95. The predicted octanol–water partition coefficient (Wildman–Crippen LogP) is 1.32. The SMILES string of the molecule is CN(C(=O)OCc1ccccc1)C1CCN(CCO)C1. The molecule has 1 aliphatic heterocycles. The molecule has 1 heterocycles. The largest absolute Gasteiger partial charge is 0.445 e. The number of aliphatic hydroxyl groups excluding tert-OH is 1. The van der Waals surface area contributed by atoms with Crippen LogP contribution in [0.5, 0.6) is 0 Å². The molecule has 1 N–H and O–H groups in total. The van der Waals surface area contributed by atoms with Crippen LogP contribution in [0.25, 0.3) is 0 Å². The van der Waals surface area contributed by atoms with Crippen molar-refractivity contribution in [2.24, 2.45) is 0 Å². The number of ether oxygens (including phenoxy) is 1. The number of nitrogens with zero attached hydrogens (tertiary/aromatic N) is 2. The van der Waals surface area contributed by atoms with E-state index in [0.717, 1.165) is 25.1 Å². The van der Waals surface area contributed by atoms with Gasteiger partial charge < -0.3 is 14.7 Å². The molecule has 1 amide bonds. The van der Waals surface area contributed by atoms with Gasteiger partial charge in [-0.15, -0.1) is 0 Å². The van der Waals surface area contributed by atoms with Crippen molar-refractivity contribution < 1.29 is 14.6 Å². The van der Waals surface area contributed by atoms with E-state index < -0.39 is 0 Å². The number of aliphatic hydroxyl groups is 1. The summed E-state index contributed by atoms with van der Waals surface area (Å²) in [5.74, 6) is 0. The number of likely N-dealkylation sites (tertiary alicyclic amines) is 1. The lowest BCUT2D eigenvalue weighted by Gasteiger charge is -2.24. The fourth-order valence-electron chi connectivity index (χ4n) is 2.44. The second kappa shape index (κ2) is 7.26. The zero-order valence-corrected chi connectivity index (χ0v) is 11.9. The summed E-state index contributed by atoms with van der Waals surface area (Å²) in [5.41, 5.74) is 0.988. The zero-order valence-electron chi connectivity index (χ0n) is 11.9. The van der Waals surface area contributed by atoms with Crippen molar-refractivity contribution in [3.63, 3.8) is 0 Å². The molecule has 1 saturated heterocycles. The lowest BCUT2D eigenvalue weighted by molar-refractivity contribution is 0.0912. The fourth-order valence-corrected chi connectivity index (χ4v) is 2.44. The molecule has 1 aromatic carbocycles. The Labute approximate surface area is 119 Å². The van der Waals surface area contributed by atoms with Gasteiger partial charge in [-0.1, -0.05) is 30.3 Å². The highest BCUT2D eigenvalue weighted by atomic mass is 16.6. The maximum absolute atomic E-state index is 12.0. The molecule has 1 aliphatic rings. The number of benzene rings is 1. The minimum atomic E-state index is -0.287. The highest BCUT2D eigenvalue weighted by Gasteiger charge is 2.28. The van der Waals surface area contributed by atoms with Gasteiger partial charge >= 0.3 is 6.09 Å². The van der Waals surface area contributed by atoms with Crippen molar-refractivity contribution >= 4 is 6.09 Å². The van der Waals surface area contributed by atoms with Gasteiger partial charge in [-0.2, -0.15) is 0 Å². The summed E-state index contributed by atoms with van der Waals surface area (Å²) in [6.45, 7) is 2.86. The van der Waals surface area contributed by atoms with Gasteiger partial charge in [0.2, 0.25) is 0 Å². The summed E-state index contributed by atoms with van der Waals surface area (Å²) in [7, 11) is 1.78. The highest BCUT2D eigenvalue weighted by molar-refractivity contribution is 5.67. The van der Waals surface area contributed by atoms with E-state index in [0.29, 0.717) is 13.2 Å². The predicted molar refractivity (Wildman–Crippen MR) is 76.3 cm³/mol. The van der Waals surface area contributed by atoms with Crippen molar-refractivity contribution in [3.05, 3.63) is 35.9 Å². The Kier molecular flexibility index (Phi) is 5.38. The molecule has 1 unspecified atom stereocenters. The van der Waals surface area contributed by atoms with Crippen molar-refractivity contribution in [2.45, 2.75) is 19.1 Å². The number of hydrogen-bond donors (Lipinski definition) is 1. The number of amides is 1. The first-order valence-corrected chi connectivity index (χ1v) is 6.97. The normalized spacial score (nSPS) is 19.0. The van der Waals surface area contributed by atoms with Crippen LogP contribution in [-0.2, 0) is 11.3 Å². The van der Waals surface area contributed by atoms with Gasteiger partial charge in [-0.05, 0) is 12.0 Å². The van der Waals surface area contributed by atoms with E-state index in [9.17, 15) is 4.79 Å². The van der Waals surface area contributed by atoms with Crippen molar-refractivity contribution in [1.29, 1.82) is 0 Å². The summed E-state index contributed by atoms with van der Waals surface area (Å²) in [6, 6.07) is 9.83. The zero-order chi connectivity index (χ0) is 14.4. The average molecular weight is 278 g/mol. The van der Waals surface area contributed by atoms with Gasteiger partial charge in [0.25, 0.3) is 0 Å². The van der Waals surface area contributed by atoms with E-state index in [2.05, 4.69) is 4.90 Å². The van der Waals surface area contributed by atoms with Crippen LogP contribution in [0.3, 0.4) is 0 Å². The van der Waals surface area contributed by atoms with Gasteiger partial charge in [0, 0.05) is 32.7 Å². The molecule has 1 aromatic rings. The molecule has 5 nitrogen and oxygen atoms in total. The number of rotatable bonds is 5. The smallest absolute Gasteiger partial charge is 0.410 e. The fraction of sp³-hybridized carbons (Fsp3) is 0.533. The topological polar surface area (TPSA) is 53.0 Å².